The molecule has 0 saturated heterocycles. The zero-order chi connectivity index (χ0) is 12.5. The van der Waals surface area contributed by atoms with Gasteiger partial charge < -0.3 is 0 Å². The lowest BCUT2D eigenvalue weighted by molar-refractivity contribution is 0.599. The van der Waals surface area contributed by atoms with Gasteiger partial charge in [0.2, 0.25) is 0 Å². The normalized spacial score (nSPS) is 11.4. The number of rotatable bonds is 3. The van der Waals surface area contributed by atoms with Gasteiger partial charge in [0.1, 0.15) is 5.82 Å². The van der Waals surface area contributed by atoms with Gasteiger partial charge in [-0.15, -0.1) is 0 Å². The highest BCUT2D eigenvalue weighted by Gasteiger charge is 2.15. The lowest BCUT2D eigenvalue weighted by Gasteiger charge is -2.04. The van der Waals surface area contributed by atoms with Gasteiger partial charge in [-0.25, -0.2) is 12.8 Å². The van der Waals surface area contributed by atoms with Gasteiger partial charge >= 0.3 is 0 Å². The van der Waals surface area contributed by atoms with E-state index in [1.165, 1.54) is 23.7 Å². The molecule has 90 valence electrons. The first-order valence-corrected chi connectivity index (χ1v) is 6.95. The fourth-order valence-electron chi connectivity index (χ4n) is 1.22. The number of nitrogens with zero attached hydrogens (tertiary/aromatic N) is 1. The number of sulfonamides is 1. The monoisotopic (exact) mass is 272 g/mol. The second-order valence-corrected chi connectivity index (χ2v) is 6.07. The minimum absolute atomic E-state index is 0.00422. The Hall–Kier alpha value is -1.47. The third-order valence-corrected chi connectivity index (χ3v) is 4.06. The number of nitrogens with one attached hydrogen (secondary N) is 1. The summed E-state index contributed by atoms with van der Waals surface area (Å²) in [6.45, 7) is 1.83. The van der Waals surface area contributed by atoms with Crippen LogP contribution in [0, 0.1) is 12.7 Å². The quantitative estimate of drug-likeness (QED) is 0.933. The van der Waals surface area contributed by atoms with Crippen LogP contribution >= 0.6 is 11.5 Å². The molecule has 2 aromatic rings. The number of aromatic nitrogens is 1. The van der Waals surface area contributed by atoms with Crippen LogP contribution in [-0.2, 0) is 10.0 Å². The topological polar surface area (TPSA) is 59.1 Å². The molecule has 0 bridgehead atoms. The van der Waals surface area contributed by atoms with E-state index in [9.17, 15) is 12.8 Å². The molecule has 0 fully saturated rings. The maximum atomic E-state index is 12.7. The number of aryl methyl sites for hydroxylation is 1. The van der Waals surface area contributed by atoms with Gasteiger partial charge in [-0.05, 0) is 48.8 Å². The van der Waals surface area contributed by atoms with Crippen LogP contribution in [0.15, 0.2) is 35.2 Å². The van der Waals surface area contributed by atoms with Crippen molar-refractivity contribution in [1.82, 2.24) is 4.37 Å². The van der Waals surface area contributed by atoms with Crippen LogP contribution in [0.1, 0.15) is 4.88 Å². The molecule has 0 unspecified atom stereocenters. The van der Waals surface area contributed by atoms with Gasteiger partial charge in [0.05, 0.1) is 4.90 Å². The van der Waals surface area contributed by atoms with Crippen molar-refractivity contribution in [3.8, 4) is 0 Å². The predicted molar refractivity (Wildman–Crippen MR) is 64.1 cm³/mol. The van der Waals surface area contributed by atoms with Crippen LogP contribution < -0.4 is 4.72 Å². The standard InChI is InChI=1S/C10H9FN2O2S2/c1-7-6-10(12-16-7)13-17(14,15)9-4-2-8(11)3-5-9/h2-6H,1H3,(H,12,13). The Balaban J connectivity index is 2.28. The molecule has 17 heavy (non-hydrogen) atoms. The van der Waals surface area contributed by atoms with E-state index in [1.54, 1.807) is 6.07 Å². The second-order valence-electron chi connectivity index (χ2n) is 3.38. The van der Waals surface area contributed by atoms with E-state index in [0.29, 0.717) is 0 Å². The van der Waals surface area contributed by atoms with E-state index >= 15 is 0 Å². The van der Waals surface area contributed by atoms with E-state index in [0.717, 1.165) is 17.0 Å². The molecule has 0 aliphatic rings. The third-order valence-electron chi connectivity index (χ3n) is 1.99. The van der Waals surface area contributed by atoms with Crippen molar-refractivity contribution in [2.24, 2.45) is 0 Å². The zero-order valence-corrected chi connectivity index (χ0v) is 10.5. The van der Waals surface area contributed by atoms with Crippen molar-refractivity contribution < 1.29 is 12.8 Å². The van der Waals surface area contributed by atoms with E-state index in [4.69, 9.17) is 0 Å². The molecular weight excluding hydrogens is 263 g/mol. The summed E-state index contributed by atoms with van der Waals surface area (Å²) in [5, 5.41) is 0. The fraction of sp³-hybridized carbons (Fsp3) is 0.100. The van der Waals surface area contributed by atoms with Crippen LogP contribution in [-0.4, -0.2) is 12.8 Å². The molecule has 0 radical (unpaired) electrons. The van der Waals surface area contributed by atoms with Crippen molar-refractivity contribution in [2.45, 2.75) is 11.8 Å². The molecular formula is C10H9FN2O2S2. The van der Waals surface area contributed by atoms with Crippen LogP contribution in [0.4, 0.5) is 10.2 Å². The van der Waals surface area contributed by atoms with Crippen LogP contribution in [0.3, 0.4) is 0 Å². The molecule has 2 rings (SSSR count). The highest BCUT2D eigenvalue weighted by molar-refractivity contribution is 7.92. The Bertz CT molecular complexity index is 620. The molecule has 1 N–H and O–H groups in total. The Morgan fingerprint density at radius 3 is 2.47 bits per heavy atom. The Labute approximate surface area is 102 Å². The average Bonchev–Trinajstić information content (AvgIpc) is 2.63. The molecule has 1 heterocycles. The van der Waals surface area contributed by atoms with Crippen molar-refractivity contribution in [1.29, 1.82) is 0 Å². The second kappa shape index (κ2) is 4.42. The van der Waals surface area contributed by atoms with E-state index in [1.807, 2.05) is 6.92 Å². The SMILES string of the molecule is Cc1cc(NS(=O)(=O)c2ccc(F)cc2)ns1. The number of hydrogen-bond acceptors (Lipinski definition) is 4. The maximum Gasteiger partial charge on any atom is 0.263 e. The smallest absolute Gasteiger partial charge is 0.262 e. The Kier molecular flexibility index (Phi) is 3.12. The van der Waals surface area contributed by atoms with E-state index in [2.05, 4.69) is 9.10 Å². The van der Waals surface area contributed by atoms with Gasteiger partial charge in [-0.1, -0.05) is 0 Å². The predicted octanol–water partition coefficient (Wildman–Crippen LogP) is 2.39. The van der Waals surface area contributed by atoms with Crippen LogP contribution in [0.5, 0.6) is 0 Å². The summed E-state index contributed by atoms with van der Waals surface area (Å²) in [7, 11) is -3.69. The Morgan fingerprint density at radius 1 is 1.29 bits per heavy atom. The third kappa shape index (κ3) is 2.80. The van der Waals surface area contributed by atoms with Crippen LogP contribution in [0.25, 0.3) is 0 Å². The van der Waals surface area contributed by atoms with Crippen molar-refractivity contribution >= 4 is 27.4 Å². The van der Waals surface area contributed by atoms with Crippen LogP contribution in [0.2, 0.25) is 0 Å². The lowest BCUT2D eigenvalue weighted by atomic mass is 10.4. The number of hydrogen-bond donors (Lipinski definition) is 1. The lowest BCUT2D eigenvalue weighted by Crippen LogP contribution is -2.12. The number of halogens is 1. The number of anilines is 1. The van der Waals surface area contributed by atoms with E-state index < -0.39 is 15.8 Å². The van der Waals surface area contributed by atoms with E-state index in [-0.39, 0.29) is 10.7 Å². The molecule has 0 saturated carbocycles. The summed E-state index contributed by atoms with van der Waals surface area (Å²) in [6.07, 6.45) is 0. The molecule has 1 aromatic heterocycles. The molecule has 0 amide bonds. The Morgan fingerprint density at radius 2 is 1.94 bits per heavy atom. The molecule has 0 aliphatic heterocycles. The molecule has 4 nitrogen and oxygen atoms in total. The molecule has 0 aliphatic carbocycles. The highest BCUT2D eigenvalue weighted by Crippen LogP contribution is 2.18. The van der Waals surface area contributed by atoms with Gasteiger partial charge in [-0.2, -0.15) is 4.37 Å². The van der Waals surface area contributed by atoms with Crippen molar-refractivity contribution in [2.75, 3.05) is 4.72 Å². The minimum Gasteiger partial charge on any atom is -0.262 e. The minimum atomic E-state index is -3.69. The number of benzene rings is 1. The highest BCUT2D eigenvalue weighted by atomic mass is 32.2. The molecule has 0 spiro atoms. The van der Waals surface area contributed by atoms with Crippen molar-refractivity contribution in [3.05, 3.63) is 41.0 Å². The first-order valence-electron chi connectivity index (χ1n) is 4.69. The first kappa shape index (κ1) is 12.0. The molecule has 0 atom stereocenters. The summed E-state index contributed by atoms with van der Waals surface area (Å²) in [4.78, 5) is 0.909. The maximum absolute atomic E-state index is 12.7. The van der Waals surface area contributed by atoms with Gasteiger partial charge in [-0.3, -0.25) is 4.72 Å². The molecule has 1 aromatic carbocycles. The van der Waals surface area contributed by atoms with Crippen molar-refractivity contribution in [3.63, 3.8) is 0 Å². The zero-order valence-electron chi connectivity index (χ0n) is 8.84. The first-order chi connectivity index (χ1) is 7.97. The fourth-order valence-corrected chi connectivity index (χ4v) is 2.78. The summed E-state index contributed by atoms with van der Waals surface area (Å²) >= 11 is 1.21. The average molecular weight is 272 g/mol. The van der Waals surface area contributed by atoms with Gasteiger partial charge in [0.25, 0.3) is 10.0 Å². The summed E-state index contributed by atoms with van der Waals surface area (Å²) < 4.78 is 42.6. The largest absolute Gasteiger partial charge is 0.263 e. The summed E-state index contributed by atoms with van der Waals surface area (Å²) in [5.41, 5.74) is 0. The van der Waals surface area contributed by atoms with Gasteiger partial charge in [0, 0.05) is 4.88 Å². The van der Waals surface area contributed by atoms with Gasteiger partial charge in [0.15, 0.2) is 5.82 Å². The summed E-state index contributed by atoms with van der Waals surface area (Å²) in [5.74, 6) is -0.203. The molecule has 7 heteroatoms. The summed E-state index contributed by atoms with van der Waals surface area (Å²) in [6, 6.07) is 6.24.